The van der Waals surface area contributed by atoms with Gasteiger partial charge in [0.25, 0.3) is 11.8 Å². The fourth-order valence-corrected chi connectivity index (χ4v) is 2.83. The number of carbonyl (C=O) groups is 2. The van der Waals surface area contributed by atoms with Crippen LogP contribution in [0.3, 0.4) is 0 Å². The van der Waals surface area contributed by atoms with Crippen molar-refractivity contribution in [3.8, 4) is 5.75 Å². The van der Waals surface area contributed by atoms with Crippen LogP contribution in [0.4, 0.5) is 4.39 Å². The molecular weight excluding hydrogens is 343 g/mol. The number of benzene rings is 2. The molecule has 0 radical (unpaired) electrons. The van der Waals surface area contributed by atoms with Crippen LogP contribution in [-0.4, -0.2) is 30.7 Å². The van der Waals surface area contributed by atoms with Crippen molar-refractivity contribution >= 4 is 23.6 Å². The van der Waals surface area contributed by atoms with Crippen molar-refractivity contribution in [3.63, 3.8) is 0 Å². The summed E-state index contributed by atoms with van der Waals surface area (Å²) in [4.78, 5) is 23.8. The zero-order valence-corrected chi connectivity index (χ0v) is 14.4. The Morgan fingerprint density at radius 2 is 1.92 bits per heavy atom. The highest BCUT2D eigenvalue weighted by molar-refractivity contribution is 7.99. The molecule has 0 saturated heterocycles. The molecule has 5 nitrogen and oxygen atoms in total. The average molecular weight is 362 g/mol. The van der Waals surface area contributed by atoms with Crippen molar-refractivity contribution < 1.29 is 18.7 Å². The van der Waals surface area contributed by atoms with E-state index < -0.39 is 5.91 Å². The van der Waals surface area contributed by atoms with Crippen molar-refractivity contribution in [2.24, 2.45) is 5.73 Å². The molecule has 25 heavy (non-hydrogen) atoms. The number of thioether (sulfide) groups is 1. The summed E-state index contributed by atoms with van der Waals surface area (Å²) in [6, 6.07) is 12.9. The summed E-state index contributed by atoms with van der Waals surface area (Å²) in [5.74, 6) is 0.190. The first-order chi connectivity index (χ1) is 12.0. The summed E-state index contributed by atoms with van der Waals surface area (Å²) in [6.45, 7) is 0.297. The molecule has 0 aliphatic carbocycles. The second-order valence-electron chi connectivity index (χ2n) is 5.19. The van der Waals surface area contributed by atoms with Crippen LogP contribution < -0.4 is 15.8 Å². The van der Waals surface area contributed by atoms with Crippen LogP contribution in [0.25, 0.3) is 0 Å². The molecule has 0 bridgehead atoms. The van der Waals surface area contributed by atoms with Crippen molar-refractivity contribution in [3.05, 3.63) is 59.9 Å². The third-order valence-corrected chi connectivity index (χ3v) is 4.26. The van der Waals surface area contributed by atoms with Crippen molar-refractivity contribution in [2.75, 3.05) is 18.9 Å². The fourth-order valence-electron chi connectivity index (χ4n) is 1.98. The van der Waals surface area contributed by atoms with Crippen LogP contribution in [0.2, 0.25) is 0 Å². The van der Waals surface area contributed by atoms with E-state index in [9.17, 15) is 14.0 Å². The molecule has 2 rings (SSSR count). The lowest BCUT2D eigenvalue weighted by molar-refractivity contribution is -0.119. The van der Waals surface area contributed by atoms with Crippen LogP contribution in [0.1, 0.15) is 16.8 Å². The minimum Gasteiger partial charge on any atom is -0.484 e. The van der Waals surface area contributed by atoms with Crippen molar-refractivity contribution in [2.45, 2.75) is 11.3 Å². The molecular formula is C18H19FN2O3S. The summed E-state index contributed by atoms with van der Waals surface area (Å²) in [5, 5.41) is 2.83. The van der Waals surface area contributed by atoms with Crippen LogP contribution in [-0.2, 0) is 4.79 Å². The Bertz CT molecular complexity index is 723. The van der Waals surface area contributed by atoms with Gasteiger partial charge < -0.3 is 15.8 Å². The molecule has 3 N–H and O–H groups in total. The van der Waals surface area contributed by atoms with Crippen LogP contribution in [0, 0.1) is 5.82 Å². The molecule has 0 unspecified atom stereocenters. The number of halogens is 1. The van der Waals surface area contributed by atoms with Crippen LogP contribution >= 0.6 is 11.8 Å². The van der Waals surface area contributed by atoms with E-state index in [0.29, 0.717) is 17.9 Å². The predicted octanol–water partition coefficient (Wildman–Crippen LogP) is 2.60. The van der Waals surface area contributed by atoms with Gasteiger partial charge in [-0.25, -0.2) is 4.39 Å². The number of nitrogens with one attached hydrogen (secondary N) is 1. The van der Waals surface area contributed by atoms with E-state index in [1.165, 1.54) is 12.1 Å². The number of ether oxygens (including phenoxy) is 1. The Morgan fingerprint density at radius 3 is 2.64 bits per heavy atom. The minimum atomic E-state index is -0.575. The normalized spacial score (nSPS) is 10.3. The third kappa shape index (κ3) is 6.84. The van der Waals surface area contributed by atoms with Gasteiger partial charge in [-0.1, -0.05) is 6.07 Å². The molecule has 7 heteroatoms. The number of primary amides is 1. The lowest BCUT2D eigenvalue weighted by atomic mass is 10.2. The highest BCUT2D eigenvalue weighted by Crippen LogP contribution is 2.18. The molecule has 2 amide bonds. The lowest BCUT2D eigenvalue weighted by Gasteiger charge is -2.08. The second kappa shape index (κ2) is 9.68. The molecule has 0 fully saturated rings. The molecule has 2 aromatic carbocycles. The smallest absolute Gasteiger partial charge is 0.255 e. The first-order valence-corrected chi connectivity index (χ1v) is 8.71. The zero-order chi connectivity index (χ0) is 18.1. The quantitative estimate of drug-likeness (QED) is 0.531. The highest BCUT2D eigenvalue weighted by Gasteiger charge is 2.07. The van der Waals surface area contributed by atoms with Crippen molar-refractivity contribution in [1.82, 2.24) is 5.32 Å². The lowest BCUT2D eigenvalue weighted by Crippen LogP contribution is -2.25. The fraction of sp³-hybridized carbons (Fsp3) is 0.222. The van der Waals surface area contributed by atoms with E-state index >= 15 is 0 Å². The zero-order valence-electron chi connectivity index (χ0n) is 13.5. The Hall–Kier alpha value is -2.54. The standard InChI is InChI=1S/C18H19FN2O3S/c19-14-5-7-16(8-6-14)25-10-2-9-21-18(23)13-3-1-4-15(11-13)24-12-17(20)22/h1,3-8,11H,2,9-10,12H2,(H2,20,22)(H,21,23). The molecule has 0 atom stereocenters. The second-order valence-corrected chi connectivity index (χ2v) is 6.36. The predicted molar refractivity (Wildman–Crippen MR) is 95.2 cm³/mol. The maximum Gasteiger partial charge on any atom is 0.255 e. The van der Waals surface area contributed by atoms with Gasteiger partial charge in [-0.3, -0.25) is 9.59 Å². The monoisotopic (exact) mass is 362 g/mol. The number of amides is 2. The minimum absolute atomic E-state index is 0.212. The van der Waals surface area contributed by atoms with Gasteiger partial charge in [0.1, 0.15) is 11.6 Å². The summed E-state index contributed by atoms with van der Waals surface area (Å²) in [7, 11) is 0. The van der Waals surface area contributed by atoms with Gasteiger partial charge in [0.15, 0.2) is 6.61 Å². The highest BCUT2D eigenvalue weighted by atomic mass is 32.2. The largest absolute Gasteiger partial charge is 0.484 e. The third-order valence-electron chi connectivity index (χ3n) is 3.17. The van der Waals surface area contributed by atoms with E-state index in [1.807, 2.05) is 0 Å². The van der Waals surface area contributed by atoms with Gasteiger partial charge in [-0.2, -0.15) is 0 Å². The maximum absolute atomic E-state index is 12.8. The maximum atomic E-state index is 12.8. The van der Waals surface area contributed by atoms with Crippen LogP contribution in [0.5, 0.6) is 5.75 Å². The van der Waals surface area contributed by atoms with E-state index in [0.717, 1.165) is 17.1 Å². The topological polar surface area (TPSA) is 81.4 Å². The molecule has 0 spiro atoms. The van der Waals surface area contributed by atoms with E-state index in [4.69, 9.17) is 10.5 Å². The summed E-state index contributed by atoms with van der Waals surface area (Å²) < 4.78 is 18.0. The number of rotatable bonds is 9. The van der Waals surface area contributed by atoms with Gasteiger partial charge in [-0.15, -0.1) is 11.8 Å². The Balaban J connectivity index is 1.71. The first-order valence-electron chi connectivity index (χ1n) is 7.72. The Labute approximate surface area is 149 Å². The van der Waals surface area contributed by atoms with Gasteiger partial charge in [0.2, 0.25) is 0 Å². The molecule has 0 aliphatic rings. The Morgan fingerprint density at radius 1 is 1.16 bits per heavy atom. The van der Waals surface area contributed by atoms with Gasteiger partial charge >= 0.3 is 0 Å². The van der Waals surface area contributed by atoms with Crippen LogP contribution in [0.15, 0.2) is 53.4 Å². The number of hydrogen-bond donors (Lipinski definition) is 2. The average Bonchev–Trinajstić information content (AvgIpc) is 2.61. The number of carbonyl (C=O) groups excluding carboxylic acids is 2. The summed E-state index contributed by atoms with van der Waals surface area (Å²) in [6.07, 6.45) is 0.783. The van der Waals surface area contributed by atoms with E-state index in [-0.39, 0.29) is 18.3 Å². The Kier molecular flexibility index (Phi) is 7.28. The number of nitrogens with two attached hydrogens (primary N) is 1. The van der Waals surface area contributed by atoms with Gasteiger partial charge in [0.05, 0.1) is 0 Å². The summed E-state index contributed by atoms with van der Waals surface area (Å²) >= 11 is 1.61. The van der Waals surface area contributed by atoms with E-state index in [2.05, 4.69) is 5.32 Å². The van der Waals surface area contributed by atoms with Gasteiger partial charge in [-0.05, 0) is 54.6 Å². The molecule has 132 valence electrons. The molecule has 0 aliphatic heterocycles. The van der Waals surface area contributed by atoms with E-state index in [1.54, 1.807) is 48.2 Å². The molecule has 0 heterocycles. The molecule has 0 saturated carbocycles. The first kappa shape index (κ1) is 18.8. The van der Waals surface area contributed by atoms with Gasteiger partial charge in [0, 0.05) is 17.0 Å². The SMILES string of the molecule is NC(=O)COc1cccc(C(=O)NCCCSc2ccc(F)cc2)c1. The molecule has 0 aromatic heterocycles. The van der Waals surface area contributed by atoms with Crippen molar-refractivity contribution in [1.29, 1.82) is 0 Å². The molecule has 2 aromatic rings. The summed E-state index contributed by atoms with van der Waals surface area (Å²) in [5.41, 5.74) is 5.47. The number of hydrogen-bond acceptors (Lipinski definition) is 4.